The van der Waals surface area contributed by atoms with Crippen molar-refractivity contribution in [2.45, 2.75) is 52.6 Å². The summed E-state index contributed by atoms with van der Waals surface area (Å²) < 4.78 is 0. The van der Waals surface area contributed by atoms with E-state index in [2.05, 4.69) is 74.9 Å². The van der Waals surface area contributed by atoms with Gasteiger partial charge in [-0.15, -0.1) is 0 Å². The molecule has 2 unspecified atom stereocenters. The zero-order valence-corrected chi connectivity index (χ0v) is 17.0. The van der Waals surface area contributed by atoms with Crippen LogP contribution in [0.15, 0.2) is 47.7 Å². The van der Waals surface area contributed by atoms with Crippen molar-refractivity contribution >= 4 is 12.2 Å². The highest BCUT2D eigenvalue weighted by Gasteiger charge is 2.34. The van der Waals surface area contributed by atoms with E-state index in [1.165, 1.54) is 0 Å². The summed E-state index contributed by atoms with van der Waals surface area (Å²) in [6, 6.07) is 10.2. The van der Waals surface area contributed by atoms with Crippen LogP contribution in [-0.2, 0) is 5.41 Å². The standard InChI is InChI=1S/C23H30N4/c1-16(2)13-23(14-17-8-6-7-9-19(17)27-21(23)24)11-10-18-12-20(22(3,4)5)26-15-25-18/h6-12,14-16,21H,13,24H2,1-5H3/b11-10+. The molecule has 2 atom stereocenters. The van der Waals surface area contributed by atoms with Crippen molar-refractivity contribution in [3.8, 4) is 0 Å². The van der Waals surface area contributed by atoms with E-state index in [4.69, 9.17) is 10.7 Å². The second-order valence-electron chi connectivity index (χ2n) is 8.90. The van der Waals surface area contributed by atoms with Gasteiger partial charge in [0.05, 0.1) is 11.1 Å². The van der Waals surface area contributed by atoms with Gasteiger partial charge in [-0.3, -0.25) is 4.99 Å². The Morgan fingerprint density at radius 2 is 1.93 bits per heavy atom. The molecule has 0 fully saturated rings. The first-order chi connectivity index (χ1) is 12.7. The maximum absolute atomic E-state index is 6.56. The molecule has 0 amide bonds. The van der Waals surface area contributed by atoms with E-state index in [0.717, 1.165) is 28.4 Å². The van der Waals surface area contributed by atoms with Gasteiger partial charge in [0.2, 0.25) is 0 Å². The minimum absolute atomic E-state index is 0.0111. The lowest BCUT2D eigenvalue weighted by atomic mass is 9.75. The van der Waals surface area contributed by atoms with Crippen molar-refractivity contribution in [3.63, 3.8) is 0 Å². The van der Waals surface area contributed by atoms with Gasteiger partial charge in [0.25, 0.3) is 0 Å². The molecule has 0 aliphatic carbocycles. The van der Waals surface area contributed by atoms with E-state index in [1.54, 1.807) is 6.33 Å². The Labute approximate surface area is 162 Å². The second-order valence-corrected chi connectivity index (χ2v) is 8.90. The predicted molar refractivity (Wildman–Crippen MR) is 111 cm³/mol. The molecule has 2 N–H and O–H groups in total. The van der Waals surface area contributed by atoms with Gasteiger partial charge < -0.3 is 5.73 Å². The van der Waals surface area contributed by atoms with Gasteiger partial charge in [0.15, 0.2) is 0 Å². The van der Waals surface area contributed by atoms with Crippen LogP contribution in [0, 0.1) is 11.3 Å². The summed E-state index contributed by atoms with van der Waals surface area (Å²) in [6.45, 7) is 10.9. The molecule has 4 nitrogen and oxygen atoms in total. The number of para-hydroxylation sites is 1. The second kappa shape index (κ2) is 7.35. The Balaban J connectivity index is 2.05. The van der Waals surface area contributed by atoms with Crippen molar-refractivity contribution in [1.29, 1.82) is 0 Å². The summed E-state index contributed by atoms with van der Waals surface area (Å²) in [6.07, 6.45) is 8.79. The van der Waals surface area contributed by atoms with E-state index in [-0.39, 0.29) is 17.0 Å². The molecule has 1 aromatic heterocycles. The Morgan fingerprint density at radius 3 is 2.63 bits per heavy atom. The highest BCUT2D eigenvalue weighted by atomic mass is 15.0. The minimum atomic E-state index is -0.324. The number of benzene rings is 1. The fraction of sp³-hybridized carbons (Fsp3) is 0.435. The number of nitrogens with two attached hydrogens (primary N) is 1. The Bertz CT molecular complexity index is 953. The lowest BCUT2D eigenvalue weighted by Crippen LogP contribution is -2.47. The minimum Gasteiger partial charge on any atom is -0.309 e. The fourth-order valence-electron chi connectivity index (χ4n) is 3.59. The predicted octanol–water partition coefficient (Wildman–Crippen LogP) is 3.22. The van der Waals surface area contributed by atoms with Gasteiger partial charge in [0.1, 0.15) is 12.5 Å². The van der Waals surface area contributed by atoms with Crippen LogP contribution >= 0.6 is 0 Å². The summed E-state index contributed by atoms with van der Waals surface area (Å²) >= 11 is 0. The summed E-state index contributed by atoms with van der Waals surface area (Å²) in [4.78, 5) is 13.6. The van der Waals surface area contributed by atoms with Gasteiger partial charge >= 0.3 is 0 Å². The molecule has 27 heavy (non-hydrogen) atoms. The fourth-order valence-corrected chi connectivity index (χ4v) is 3.59. The smallest absolute Gasteiger partial charge is 0.116 e. The maximum atomic E-state index is 6.56. The molecule has 0 saturated heterocycles. The zero-order chi connectivity index (χ0) is 19.7. The molecule has 1 aliphatic heterocycles. The molecular formula is C23H30N4. The first-order valence-electron chi connectivity index (χ1n) is 9.63. The SMILES string of the molecule is CC(C)CC1(/C=C/c2cc(C(C)(C)C)ncn2)C=c2ccccc2=NC1N. The van der Waals surface area contributed by atoms with Crippen molar-refractivity contribution in [2.75, 3.05) is 0 Å². The Kier molecular flexibility index (Phi) is 5.29. The van der Waals surface area contributed by atoms with E-state index in [1.807, 2.05) is 18.2 Å². The number of aromatic nitrogens is 2. The molecule has 1 aromatic carbocycles. The van der Waals surface area contributed by atoms with Crippen molar-refractivity contribution in [2.24, 2.45) is 22.1 Å². The molecule has 4 heteroatoms. The van der Waals surface area contributed by atoms with Crippen LogP contribution in [0.1, 0.15) is 52.4 Å². The third-order valence-corrected chi connectivity index (χ3v) is 4.97. The van der Waals surface area contributed by atoms with E-state index >= 15 is 0 Å². The number of fused-ring (bicyclic) bond motifs is 1. The summed E-state index contributed by atoms with van der Waals surface area (Å²) in [7, 11) is 0. The molecule has 142 valence electrons. The van der Waals surface area contributed by atoms with E-state index < -0.39 is 0 Å². The molecule has 3 rings (SSSR count). The van der Waals surface area contributed by atoms with Crippen molar-refractivity contribution < 1.29 is 0 Å². The molecule has 2 heterocycles. The third-order valence-electron chi connectivity index (χ3n) is 4.97. The first kappa shape index (κ1) is 19.4. The summed E-state index contributed by atoms with van der Waals surface area (Å²) in [5.41, 5.74) is 8.15. The van der Waals surface area contributed by atoms with Gasteiger partial charge in [-0.1, -0.05) is 65.0 Å². The Hall–Kier alpha value is -2.33. The van der Waals surface area contributed by atoms with Gasteiger partial charge in [-0.25, -0.2) is 9.97 Å². The third kappa shape index (κ3) is 4.33. The highest BCUT2D eigenvalue weighted by Crippen LogP contribution is 2.35. The van der Waals surface area contributed by atoms with Crippen LogP contribution in [0.4, 0.5) is 0 Å². The van der Waals surface area contributed by atoms with Crippen LogP contribution in [0.25, 0.3) is 12.2 Å². The lowest BCUT2D eigenvalue weighted by molar-refractivity contribution is 0.331. The normalized spacial score (nSPS) is 22.4. The number of rotatable bonds is 4. The summed E-state index contributed by atoms with van der Waals surface area (Å²) in [5, 5.41) is 2.11. The zero-order valence-electron chi connectivity index (χ0n) is 17.0. The Morgan fingerprint density at radius 1 is 1.19 bits per heavy atom. The first-order valence-corrected chi connectivity index (χ1v) is 9.63. The molecule has 2 aromatic rings. The van der Waals surface area contributed by atoms with Gasteiger partial charge in [-0.05, 0) is 35.8 Å². The molecular weight excluding hydrogens is 332 g/mol. The monoisotopic (exact) mass is 362 g/mol. The van der Waals surface area contributed by atoms with Crippen molar-refractivity contribution in [3.05, 3.63) is 64.7 Å². The van der Waals surface area contributed by atoms with Gasteiger partial charge in [-0.2, -0.15) is 0 Å². The lowest BCUT2D eigenvalue weighted by Gasteiger charge is -2.35. The topological polar surface area (TPSA) is 64.2 Å². The van der Waals surface area contributed by atoms with E-state index in [9.17, 15) is 0 Å². The average Bonchev–Trinajstić information content (AvgIpc) is 2.60. The van der Waals surface area contributed by atoms with Gasteiger partial charge in [0, 0.05) is 16.5 Å². The van der Waals surface area contributed by atoms with Crippen molar-refractivity contribution in [1.82, 2.24) is 9.97 Å². The average molecular weight is 363 g/mol. The molecule has 1 aliphatic rings. The van der Waals surface area contributed by atoms with Crippen LogP contribution in [0.2, 0.25) is 0 Å². The largest absolute Gasteiger partial charge is 0.309 e. The number of hydrogen-bond donors (Lipinski definition) is 1. The highest BCUT2D eigenvalue weighted by molar-refractivity contribution is 5.52. The number of hydrogen-bond acceptors (Lipinski definition) is 4. The van der Waals surface area contributed by atoms with Crippen LogP contribution in [-0.4, -0.2) is 16.1 Å². The molecule has 0 bridgehead atoms. The van der Waals surface area contributed by atoms with Crippen LogP contribution in [0.3, 0.4) is 0 Å². The molecule has 0 saturated carbocycles. The maximum Gasteiger partial charge on any atom is 0.116 e. The molecule has 0 radical (unpaired) electrons. The number of nitrogens with zero attached hydrogens (tertiary/aromatic N) is 3. The molecule has 0 spiro atoms. The van der Waals surface area contributed by atoms with Crippen LogP contribution in [0.5, 0.6) is 0 Å². The summed E-state index contributed by atoms with van der Waals surface area (Å²) in [5.74, 6) is 0.493. The van der Waals surface area contributed by atoms with E-state index in [0.29, 0.717) is 5.92 Å². The van der Waals surface area contributed by atoms with Crippen LogP contribution < -0.4 is 16.3 Å². The quantitative estimate of drug-likeness (QED) is 0.908.